The molecule has 2 aromatic carbocycles. The fraction of sp³-hybridized carbons (Fsp3) is 0.211. The number of urea groups is 1. The van der Waals surface area contributed by atoms with Crippen LogP contribution in [-0.2, 0) is 6.54 Å². The van der Waals surface area contributed by atoms with Crippen molar-refractivity contribution in [1.29, 1.82) is 0 Å². The topological polar surface area (TPSA) is 89.5 Å². The van der Waals surface area contributed by atoms with Crippen LogP contribution in [0.1, 0.15) is 24.3 Å². The van der Waals surface area contributed by atoms with Crippen LogP contribution < -0.4 is 21.1 Å². The normalized spacial score (nSPS) is 12.1. The van der Waals surface area contributed by atoms with Crippen molar-refractivity contribution in [2.24, 2.45) is 5.73 Å². The summed E-state index contributed by atoms with van der Waals surface area (Å²) in [6.07, 6.45) is 0. The molecule has 0 fully saturated rings. The minimum absolute atomic E-state index is 0.0422. The Kier molecular flexibility index (Phi) is 4.90. The van der Waals surface area contributed by atoms with Gasteiger partial charge in [0.15, 0.2) is 11.3 Å². The number of nitrogens with two attached hydrogens (primary N) is 1. The van der Waals surface area contributed by atoms with Crippen LogP contribution in [0.3, 0.4) is 0 Å². The number of ether oxygens (including phenoxy) is 1. The molecule has 0 radical (unpaired) electrons. The number of para-hydroxylation sites is 1. The number of rotatable bonds is 6. The van der Waals surface area contributed by atoms with E-state index >= 15 is 0 Å². The van der Waals surface area contributed by atoms with Gasteiger partial charge in [0.25, 0.3) is 0 Å². The zero-order chi connectivity index (χ0) is 17.8. The van der Waals surface area contributed by atoms with E-state index < -0.39 is 6.03 Å². The highest BCUT2D eigenvalue weighted by Crippen LogP contribution is 2.30. The van der Waals surface area contributed by atoms with Gasteiger partial charge in [0.05, 0.1) is 13.2 Å². The van der Waals surface area contributed by atoms with E-state index in [4.69, 9.17) is 14.9 Å². The Morgan fingerprint density at radius 3 is 2.68 bits per heavy atom. The number of fused-ring (bicyclic) bond motifs is 1. The van der Waals surface area contributed by atoms with Crippen LogP contribution in [0.2, 0.25) is 0 Å². The van der Waals surface area contributed by atoms with Crippen LogP contribution in [0.25, 0.3) is 11.0 Å². The fourth-order valence-corrected chi connectivity index (χ4v) is 2.65. The maximum absolute atomic E-state index is 10.8. The highest BCUT2D eigenvalue weighted by molar-refractivity contribution is 5.87. The summed E-state index contributed by atoms with van der Waals surface area (Å²) in [6, 6.07) is 14.8. The second kappa shape index (κ2) is 7.27. The summed E-state index contributed by atoms with van der Waals surface area (Å²) < 4.78 is 11.3. The largest absolute Gasteiger partial charge is 0.493 e. The Balaban J connectivity index is 1.66. The molecule has 3 aromatic rings. The SMILES string of the molecule is COc1cccc2cc([C@H](C)NCc3ccc(NC(N)=O)cc3)oc12. The summed E-state index contributed by atoms with van der Waals surface area (Å²) in [5.41, 5.74) is 7.62. The quantitative estimate of drug-likeness (QED) is 0.637. The van der Waals surface area contributed by atoms with Gasteiger partial charge in [-0.3, -0.25) is 0 Å². The molecular weight excluding hydrogens is 318 g/mol. The van der Waals surface area contributed by atoms with Gasteiger partial charge in [0, 0.05) is 17.6 Å². The van der Waals surface area contributed by atoms with E-state index in [9.17, 15) is 4.79 Å². The number of primary amides is 1. The van der Waals surface area contributed by atoms with Gasteiger partial charge in [0.2, 0.25) is 0 Å². The van der Waals surface area contributed by atoms with E-state index in [-0.39, 0.29) is 6.04 Å². The third-order valence-corrected chi connectivity index (χ3v) is 4.01. The van der Waals surface area contributed by atoms with E-state index in [2.05, 4.69) is 10.6 Å². The fourth-order valence-electron chi connectivity index (χ4n) is 2.65. The predicted octanol–water partition coefficient (Wildman–Crippen LogP) is 3.78. The summed E-state index contributed by atoms with van der Waals surface area (Å²) in [7, 11) is 1.63. The number of furan rings is 1. The number of hydrogen-bond acceptors (Lipinski definition) is 4. The molecule has 0 saturated carbocycles. The number of methoxy groups -OCH3 is 1. The zero-order valence-corrected chi connectivity index (χ0v) is 14.2. The highest BCUT2D eigenvalue weighted by Gasteiger charge is 2.13. The third kappa shape index (κ3) is 3.92. The molecule has 3 rings (SSSR count). The van der Waals surface area contributed by atoms with Crippen molar-refractivity contribution in [2.45, 2.75) is 19.5 Å². The number of anilines is 1. The maximum Gasteiger partial charge on any atom is 0.316 e. The van der Waals surface area contributed by atoms with Crippen molar-refractivity contribution < 1.29 is 13.9 Å². The first-order valence-corrected chi connectivity index (χ1v) is 8.02. The summed E-state index contributed by atoms with van der Waals surface area (Å²) in [6.45, 7) is 2.72. The molecule has 2 amide bonds. The van der Waals surface area contributed by atoms with Gasteiger partial charge in [-0.15, -0.1) is 0 Å². The van der Waals surface area contributed by atoms with E-state index in [1.807, 2.05) is 55.5 Å². The Bertz CT molecular complexity index is 871. The van der Waals surface area contributed by atoms with Crippen LogP contribution >= 0.6 is 0 Å². The van der Waals surface area contributed by atoms with Crippen molar-refractivity contribution in [3.8, 4) is 5.75 Å². The van der Waals surface area contributed by atoms with E-state index in [0.29, 0.717) is 12.2 Å². The van der Waals surface area contributed by atoms with Gasteiger partial charge in [-0.05, 0) is 36.8 Å². The molecule has 25 heavy (non-hydrogen) atoms. The Morgan fingerprint density at radius 1 is 1.24 bits per heavy atom. The van der Waals surface area contributed by atoms with E-state index in [0.717, 1.165) is 28.0 Å². The van der Waals surface area contributed by atoms with Gasteiger partial charge in [-0.2, -0.15) is 0 Å². The zero-order valence-electron chi connectivity index (χ0n) is 14.2. The second-order valence-corrected chi connectivity index (χ2v) is 5.82. The molecule has 130 valence electrons. The minimum atomic E-state index is -0.570. The van der Waals surface area contributed by atoms with Crippen LogP contribution in [0.5, 0.6) is 5.75 Å². The summed E-state index contributed by atoms with van der Waals surface area (Å²) in [5.74, 6) is 1.58. The molecule has 0 aliphatic heterocycles. The molecule has 0 saturated heterocycles. The lowest BCUT2D eigenvalue weighted by Crippen LogP contribution is -2.19. The minimum Gasteiger partial charge on any atom is -0.493 e. The second-order valence-electron chi connectivity index (χ2n) is 5.82. The first-order chi connectivity index (χ1) is 12.1. The maximum atomic E-state index is 10.8. The molecule has 6 nitrogen and oxygen atoms in total. The van der Waals surface area contributed by atoms with Crippen LogP contribution in [0.15, 0.2) is 52.9 Å². The summed E-state index contributed by atoms with van der Waals surface area (Å²) >= 11 is 0. The Hall–Kier alpha value is -2.99. The molecule has 1 heterocycles. The molecule has 1 atom stereocenters. The number of benzene rings is 2. The molecule has 4 N–H and O–H groups in total. The summed E-state index contributed by atoms with van der Waals surface area (Å²) in [5, 5.41) is 6.99. The predicted molar refractivity (Wildman–Crippen MR) is 97.7 cm³/mol. The Morgan fingerprint density at radius 2 is 2.00 bits per heavy atom. The highest BCUT2D eigenvalue weighted by atomic mass is 16.5. The lowest BCUT2D eigenvalue weighted by molar-refractivity contribution is 0.259. The average molecular weight is 339 g/mol. The number of amides is 2. The standard InChI is InChI=1S/C19H21N3O3/c1-12(17-10-14-4-3-5-16(24-2)18(14)25-17)21-11-13-6-8-15(9-7-13)22-19(20)23/h3-10,12,21H,11H2,1-2H3,(H3,20,22,23)/t12-/m0/s1. The number of nitrogens with one attached hydrogen (secondary N) is 2. The van der Waals surface area contributed by atoms with Crippen molar-refractivity contribution in [3.05, 3.63) is 59.9 Å². The lowest BCUT2D eigenvalue weighted by Gasteiger charge is -2.11. The molecule has 0 aliphatic carbocycles. The number of carbonyl (C=O) groups is 1. The number of hydrogen-bond donors (Lipinski definition) is 3. The number of carbonyl (C=O) groups excluding carboxylic acids is 1. The van der Waals surface area contributed by atoms with Crippen LogP contribution in [0.4, 0.5) is 10.5 Å². The molecule has 0 spiro atoms. The van der Waals surface area contributed by atoms with Gasteiger partial charge < -0.3 is 25.5 Å². The van der Waals surface area contributed by atoms with Crippen molar-refractivity contribution in [3.63, 3.8) is 0 Å². The van der Waals surface area contributed by atoms with E-state index in [1.165, 1.54) is 0 Å². The average Bonchev–Trinajstić information content (AvgIpc) is 3.04. The van der Waals surface area contributed by atoms with Crippen molar-refractivity contribution in [2.75, 3.05) is 12.4 Å². The molecule has 0 bridgehead atoms. The third-order valence-electron chi connectivity index (χ3n) is 4.01. The summed E-state index contributed by atoms with van der Waals surface area (Å²) in [4.78, 5) is 10.8. The molecule has 6 heteroatoms. The van der Waals surface area contributed by atoms with Gasteiger partial charge >= 0.3 is 6.03 Å². The van der Waals surface area contributed by atoms with Crippen LogP contribution in [0, 0.1) is 0 Å². The monoisotopic (exact) mass is 339 g/mol. The van der Waals surface area contributed by atoms with Crippen LogP contribution in [-0.4, -0.2) is 13.1 Å². The van der Waals surface area contributed by atoms with Gasteiger partial charge in [-0.25, -0.2) is 4.79 Å². The first kappa shape index (κ1) is 16.9. The molecule has 0 unspecified atom stereocenters. The molecule has 1 aromatic heterocycles. The smallest absolute Gasteiger partial charge is 0.316 e. The van der Waals surface area contributed by atoms with Gasteiger partial charge in [0.1, 0.15) is 5.76 Å². The first-order valence-electron chi connectivity index (χ1n) is 8.02. The molecule has 0 aliphatic rings. The van der Waals surface area contributed by atoms with Gasteiger partial charge in [-0.1, -0.05) is 24.3 Å². The molecular formula is C19H21N3O3. The Labute approximate surface area is 146 Å². The van der Waals surface area contributed by atoms with E-state index in [1.54, 1.807) is 7.11 Å². The lowest BCUT2D eigenvalue weighted by atomic mass is 10.1. The van der Waals surface area contributed by atoms with Crippen molar-refractivity contribution >= 4 is 22.7 Å². The van der Waals surface area contributed by atoms with Crippen molar-refractivity contribution in [1.82, 2.24) is 5.32 Å².